The highest BCUT2D eigenvalue weighted by atomic mass is 19.1. The standard InChI is InChI=1S/C25H26FN7O4/c26-18-12-14(23(36)28-10-11-34)8-9-19(18)29-24-30-21(27)20-22(31-24)33(15-4-1-2-5-15)25(37)32(20)16-6-3-7-17(35)13-16/h3,6-9,12-13,15,34-35H,1-2,4-5,10-11H2,(H,28,36)(H3,27,29,30,31). The molecule has 1 aliphatic carbocycles. The number of nitrogen functional groups attached to an aromatic ring is 1. The number of aliphatic hydroxyl groups is 1. The number of carbonyl (C=O) groups is 1. The molecule has 0 unspecified atom stereocenters. The number of halogens is 1. The van der Waals surface area contributed by atoms with E-state index in [1.54, 1.807) is 16.7 Å². The van der Waals surface area contributed by atoms with Gasteiger partial charge in [-0.15, -0.1) is 0 Å². The first kappa shape index (κ1) is 24.3. The topological polar surface area (TPSA) is 160 Å². The highest BCUT2D eigenvalue weighted by Gasteiger charge is 2.27. The molecule has 1 aliphatic rings. The van der Waals surface area contributed by atoms with Gasteiger partial charge in [0, 0.05) is 24.2 Å². The maximum absolute atomic E-state index is 14.8. The van der Waals surface area contributed by atoms with E-state index in [1.165, 1.54) is 28.8 Å². The quantitative estimate of drug-likeness (QED) is 0.255. The third kappa shape index (κ3) is 4.58. The van der Waals surface area contributed by atoms with Gasteiger partial charge in [-0.1, -0.05) is 18.9 Å². The van der Waals surface area contributed by atoms with Gasteiger partial charge in [0.1, 0.15) is 17.1 Å². The highest BCUT2D eigenvalue weighted by molar-refractivity contribution is 5.94. The van der Waals surface area contributed by atoms with Crippen LogP contribution in [0.2, 0.25) is 0 Å². The summed E-state index contributed by atoms with van der Waals surface area (Å²) in [6.45, 7) is -0.174. The van der Waals surface area contributed by atoms with Gasteiger partial charge in [-0.3, -0.25) is 13.9 Å². The van der Waals surface area contributed by atoms with Gasteiger partial charge in [0.2, 0.25) is 5.95 Å². The molecule has 6 N–H and O–H groups in total. The van der Waals surface area contributed by atoms with E-state index in [1.807, 2.05) is 0 Å². The summed E-state index contributed by atoms with van der Waals surface area (Å²) in [6, 6.07) is 10.0. The summed E-state index contributed by atoms with van der Waals surface area (Å²) in [5, 5.41) is 24.1. The number of nitrogens with one attached hydrogen (secondary N) is 2. The largest absolute Gasteiger partial charge is 0.508 e. The summed E-state index contributed by atoms with van der Waals surface area (Å²) < 4.78 is 17.8. The number of nitrogens with two attached hydrogens (primary N) is 1. The number of amides is 1. The number of imidazole rings is 1. The molecule has 1 amide bonds. The Morgan fingerprint density at radius 2 is 1.95 bits per heavy atom. The zero-order valence-corrected chi connectivity index (χ0v) is 19.8. The highest BCUT2D eigenvalue weighted by Crippen LogP contribution is 2.33. The minimum atomic E-state index is -0.718. The number of phenols is 1. The molecule has 2 aromatic carbocycles. The van der Waals surface area contributed by atoms with Crippen LogP contribution in [0.5, 0.6) is 5.75 Å². The van der Waals surface area contributed by atoms with Crippen molar-refractivity contribution in [2.75, 3.05) is 24.2 Å². The number of hydrogen-bond donors (Lipinski definition) is 5. The Kier molecular flexibility index (Phi) is 6.49. The van der Waals surface area contributed by atoms with Gasteiger partial charge < -0.3 is 26.6 Å². The van der Waals surface area contributed by atoms with Crippen molar-refractivity contribution in [3.63, 3.8) is 0 Å². The lowest BCUT2D eigenvalue weighted by Crippen LogP contribution is -2.26. The molecular weight excluding hydrogens is 481 g/mol. The minimum Gasteiger partial charge on any atom is -0.508 e. The second kappa shape index (κ2) is 9.90. The average Bonchev–Trinajstić information content (AvgIpc) is 3.49. The van der Waals surface area contributed by atoms with E-state index in [0.29, 0.717) is 16.9 Å². The van der Waals surface area contributed by atoms with Crippen molar-refractivity contribution < 1.29 is 19.4 Å². The zero-order valence-electron chi connectivity index (χ0n) is 19.8. The number of aromatic hydroxyl groups is 1. The van der Waals surface area contributed by atoms with E-state index in [2.05, 4.69) is 20.6 Å². The maximum atomic E-state index is 14.8. The third-order valence-corrected chi connectivity index (χ3v) is 6.39. The fraction of sp³-hybridized carbons (Fsp3) is 0.280. The van der Waals surface area contributed by atoms with Crippen LogP contribution in [0.4, 0.5) is 21.8 Å². The lowest BCUT2D eigenvalue weighted by molar-refractivity contribution is 0.0944. The second-order valence-corrected chi connectivity index (χ2v) is 8.85. The molecule has 1 saturated carbocycles. The number of anilines is 3. The van der Waals surface area contributed by atoms with Crippen LogP contribution in [-0.4, -0.2) is 48.4 Å². The van der Waals surface area contributed by atoms with Crippen LogP contribution in [0.3, 0.4) is 0 Å². The third-order valence-electron chi connectivity index (χ3n) is 6.39. The van der Waals surface area contributed by atoms with Crippen LogP contribution in [0, 0.1) is 5.82 Å². The summed E-state index contributed by atoms with van der Waals surface area (Å²) in [5.74, 6) is -1.25. The SMILES string of the molecule is Nc1nc(Nc2ccc(C(=O)NCCO)cc2F)nc2c1n(-c1cccc(O)c1)c(=O)n2C1CCCC1. The number of carbonyl (C=O) groups excluding carboxylic acids is 1. The maximum Gasteiger partial charge on any atom is 0.335 e. The number of rotatable bonds is 7. The van der Waals surface area contributed by atoms with Crippen molar-refractivity contribution in [1.82, 2.24) is 24.4 Å². The number of nitrogens with zero attached hydrogens (tertiary/aromatic N) is 4. The molecule has 5 rings (SSSR count). The van der Waals surface area contributed by atoms with Gasteiger partial charge in [0.05, 0.1) is 18.0 Å². The fourth-order valence-corrected chi connectivity index (χ4v) is 4.71. The lowest BCUT2D eigenvalue weighted by Gasteiger charge is -2.12. The molecule has 0 aliphatic heterocycles. The molecule has 0 atom stereocenters. The molecule has 2 heterocycles. The van der Waals surface area contributed by atoms with Crippen LogP contribution in [0.1, 0.15) is 42.1 Å². The number of phenolic OH excluding ortho intramolecular Hbond substituents is 1. The predicted octanol–water partition coefficient (Wildman–Crippen LogP) is 2.59. The molecule has 0 saturated heterocycles. The van der Waals surface area contributed by atoms with Gasteiger partial charge in [-0.2, -0.15) is 9.97 Å². The molecule has 192 valence electrons. The Morgan fingerprint density at radius 1 is 1.16 bits per heavy atom. The molecule has 1 fully saturated rings. The Bertz CT molecular complexity index is 1540. The summed E-state index contributed by atoms with van der Waals surface area (Å²) in [7, 11) is 0. The smallest absolute Gasteiger partial charge is 0.335 e. The van der Waals surface area contributed by atoms with Crippen molar-refractivity contribution in [3.05, 3.63) is 64.3 Å². The molecule has 0 radical (unpaired) electrons. The van der Waals surface area contributed by atoms with Crippen LogP contribution in [0.25, 0.3) is 16.9 Å². The van der Waals surface area contributed by atoms with Crippen LogP contribution >= 0.6 is 0 Å². The van der Waals surface area contributed by atoms with E-state index >= 15 is 0 Å². The second-order valence-electron chi connectivity index (χ2n) is 8.85. The van der Waals surface area contributed by atoms with Crippen molar-refractivity contribution in [1.29, 1.82) is 0 Å². The Balaban J connectivity index is 1.58. The first-order valence-corrected chi connectivity index (χ1v) is 11.9. The normalized spacial score (nSPS) is 13.8. The number of aliphatic hydroxyl groups excluding tert-OH is 1. The van der Waals surface area contributed by atoms with Crippen molar-refractivity contribution in [2.24, 2.45) is 0 Å². The predicted molar refractivity (Wildman–Crippen MR) is 136 cm³/mol. The van der Waals surface area contributed by atoms with Gasteiger partial charge in [-0.25, -0.2) is 9.18 Å². The van der Waals surface area contributed by atoms with E-state index in [-0.39, 0.29) is 53.6 Å². The molecule has 0 bridgehead atoms. The molecule has 2 aromatic heterocycles. The molecule has 4 aromatic rings. The zero-order chi connectivity index (χ0) is 26.1. The summed E-state index contributed by atoms with van der Waals surface area (Å²) in [6.07, 6.45) is 3.57. The van der Waals surface area contributed by atoms with E-state index in [0.717, 1.165) is 31.7 Å². The Labute approximate surface area is 210 Å². The molecule has 11 nitrogen and oxygen atoms in total. The van der Waals surface area contributed by atoms with E-state index < -0.39 is 11.7 Å². The lowest BCUT2D eigenvalue weighted by atomic mass is 10.2. The Morgan fingerprint density at radius 3 is 2.65 bits per heavy atom. The van der Waals surface area contributed by atoms with Gasteiger partial charge in [0.15, 0.2) is 11.5 Å². The molecule has 37 heavy (non-hydrogen) atoms. The fourth-order valence-electron chi connectivity index (χ4n) is 4.71. The van der Waals surface area contributed by atoms with Crippen LogP contribution < -0.4 is 22.1 Å². The number of fused-ring (bicyclic) bond motifs is 1. The summed E-state index contributed by atoms with van der Waals surface area (Å²) in [5.41, 5.74) is 7.09. The van der Waals surface area contributed by atoms with Crippen molar-refractivity contribution in [3.8, 4) is 11.4 Å². The molecule has 0 spiro atoms. The van der Waals surface area contributed by atoms with Crippen molar-refractivity contribution in [2.45, 2.75) is 31.7 Å². The molecular formula is C25H26FN7O4. The van der Waals surface area contributed by atoms with E-state index in [4.69, 9.17) is 10.8 Å². The summed E-state index contributed by atoms with van der Waals surface area (Å²) >= 11 is 0. The number of aromatic nitrogens is 4. The van der Waals surface area contributed by atoms with Gasteiger partial charge in [0.25, 0.3) is 5.91 Å². The first-order chi connectivity index (χ1) is 17.9. The van der Waals surface area contributed by atoms with Crippen LogP contribution in [-0.2, 0) is 0 Å². The van der Waals surface area contributed by atoms with Crippen LogP contribution in [0.15, 0.2) is 47.3 Å². The summed E-state index contributed by atoms with van der Waals surface area (Å²) in [4.78, 5) is 34.5. The number of hydrogen-bond acceptors (Lipinski definition) is 8. The number of benzene rings is 2. The first-order valence-electron chi connectivity index (χ1n) is 11.9. The van der Waals surface area contributed by atoms with Crippen molar-refractivity contribution >= 4 is 34.5 Å². The van der Waals surface area contributed by atoms with Gasteiger partial charge in [-0.05, 0) is 43.2 Å². The van der Waals surface area contributed by atoms with Gasteiger partial charge >= 0.3 is 5.69 Å². The monoisotopic (exact) mass is 507 g/mol. The Hall–Kier alpha value is -4.45. The molecule has 12 heteroatoms. The average molecular weight is 508 g/mol. The van der Waals surface area contributed by atoms with E-state index in [9.17, 15) is 19.1 Å². The minimum absolute atomic E-state index is 0.00472.